The Hall–Kier alpha value is -1.54. The Labute approximate surface area is 117 Å². The maximum atomic E-state index is 14.3. The van der Waals surface area contributed by atoms with Gasteiger partial charge in [0.15, 0.2) is 0 Å². The second-order valence-corrected chi connectivity index (χ2v) is 5.20. The van der Waals surface area contributed by atoms with Gasteiger partial charge in [0.2, 0.25) is 0 Å². The van der Waals surface area contributed by atoms with Crippen LogP contribution in [0.15, 0.2) is 42.5 Å². The van der Waals surface area contributed by atoms with Crippen molar-refractivity contribution >= 4 is 23.0 Å². The molecule has 0 radical (unpaired) electrons. The van der Waals surface area contributed by atoms with Gasteiger partial charge in [-0.25, -0.2) is 4.39 Å². The first-order valence-corrected chi connectivity index (χ1v) is 6.96. The Morgan fingerprint density at radius 3 is 2.79 bits per heavy atom. The van der Waals surface area contributed by atoms with E-state index in [1.807, 2.05) is 24.3 Å². The van der Waals surface area contributed by atoms with Gasteiger partial charge in [-0.2, -0.15) is 0 Å². The quantitative estimate of drug-likeness (QED) is 0.721. The van der Waals surface area contributed by atoms with Crippen LogP contribution in [-0.2, 0) is 12.3 Å². The number of hydrogen-bond acceptors (Lipinski definition) is 1. The summed E-state index contributed by atoms with van der Waals surface area (Å²) in [4.78, 5) is 2.07. The lowest BCUT2D eigenvalue weighted by Crippen LogP contribution is -2.25. The number of alkyl halides is 1. The van der Waals surface area contributed by atoms with Gasteiger partial charge in [-0.1, -0.05) is 30.3 Å². The van der Waals surface area contributed by atoms with Crippen molar-refractivity contribution in [2.24, 2.45) is 0 Å². The van der Waals surface area contributed by atoms with Crippen LogP contribution in [0.25, 0.3) is 0 Å². The summed E-state index contributed by atoms with van der Waals surface area (Å²) in [5.74, 6) is 0.111. The van der Waals surface area contributed by atoms with Crippen molar-refractivity contribution in [3.05, 3.63) is 59.4 Å². The Kier molecular flexibility index (Phi) is 3.19. The van der Waals surface area contributed by atoms with E-state index in [4.69, 9.17) is 11.6 Å². The average Bonchev–Trinajstić information content (AvgIpc) is 2.74. The summed E-state index contributed by atoms with van der Waals surface area (Å²) in [6.45, 7) is 2.12. The molecule has 1 nitrogen and oxygen atoms in total. The number of hydrogen-bond donors (Lipinski definition) is 0. The number of anilines is 2. The van der Waals surface area contributed by atoms with Crippen LogP contribution in [-0.4, -0.2) is 6.04 Å². The molecule has 1 aliphatic rings. The molecule has 0 amide bonds. The van der Waals surface area contributed by atoms with Gasteiger partial charge >= 0.3 is 0 Å². The fourth-order valence-corrected chi connectivity index (χ4v) is 3.06. The molecule has 0 saturated heterocycles. The molecular weight excluding hydrogens is 261 g/mol. The van der Waals surface area contributed by atoms with Crippen molar-refractivity contribution < 1.29 is 4.39 Å². The van der Waals surface area contributed by atoms with Gasteiger partial charge in [-0.15, -0.1) is 11.6 Å². The van der Waals surface area contributed by atoms with Crippen LogP contribution in [0, 0.1) is 5.82 Å². The largest absolute Gasteiger partial charge is 0.335 e. The van der Waals surface area contributed by atoms with Crippen LogP contribution >= 0.6 is 11.6 Å². The van der Waals surface area contributed by atoms with Crippen LogP contribution in [0.1, 0.15) is 18.1 Å². The van der Waals surface area contributed by atoms with Gasteiger partial charge in [-0.05, 0) is 36.6 Å². The third-order valence-corrected chi connectivity index (χ3v) is 3.95. The first-order valence-electron chi connectivity index (χ1n) is 6.43. The minimum absolute atomic E-state index is 0.207. The van der Waals surface area contributed by atoms with E-state index in [0.717, 1.165) is 17.7 Å². The highest BCUT2D eigenvalue weighted by Crippen LogP contribution is 2.41. The Morgan fingerprint density at radius 2 is 2.00 bits per heavy atom. The van der Waals surface area contributed by atoms with Crippen molar-refractivity contribution in [2.45, 2.75) is 25.3 Å². The summed E-state index contributed by atoms with van der Waals surface area (Å²) in [6, 6.07) is 13.5. The van der Waals surface area contributed by atoms with Gasteiger partial charge in [-0.3, -0.25) is 0 Å². The molecule has 0 bridgehead atoms. The summed E-state index contributed by atoms with van der Waals surface area (Å²) in [6.07, 6.45) is 0.937. The molecule has 0 N–H and O–H groups in total. The lowest BCUT2D eigenvalue weighted by molar-refractivity contribution is 0.616. The van der Waals surface area contributed by atoms with E-state index in [0.29, 0.717) is 11.6 Å². The van der Waals surface area contributed by atoms with Crippen molar-refractivity contribution in [3.63, 3.8) is 0 Å². The van der Waals surface area contributed by atoms with Crippen LogP contribution < -0.4 is 4.90 Å². The number of nitrogens with zero attached hydrogens (tertiary/aromatic N) is 1. The van der Waals surface area contributed by atoms with E-state index in [1.54, 1.807) is 6.07 Å². The molecule has 0 saturated carbocycles. The van der Waals surface area contributed by atoms with Crippen LogP contribution in [0.2, 0.25) is 0 Å². The first kappa shape index (κ1) is 12.5. The summed E-state index contributed by atoms with van der Waals surface area (Å²) in [5, 5.41) is 0. The minimum atomic E-state index is -0.207. The van der Waals surface area contributed by atoms with E-state index in [2.05, 4.69) is 17.9 Å². The van der Waals surface area contributed by atoms with Crippen molar-refractivity contribution in [1.82, 2.24) is 0 Å². The number of rotatable bonds is 2. The van der Waals surface area contributed by atoms with E-state index in [-0.39, 0.29) is 11.9 Å². The molecule has 3 heteroatoms. The minimum Gasteiger partial charge on any atom is -0.335 e. The zero-order valence-corrected chi connectivity index (χ0v) is 11.5. The van der Waals surface area contributed by atoms with E-state index >= 15 is 0 Å². The molecular formula is C16H15ClFN. The highest BCUT2D eigenvalue weighted by Gasteiger charge is 2.29. The van der Waals surface area contributed by atoms with Crippen LogP contribution in [0.3, 0.4) is 0 Å². The fourth-order valence-electron chi connectivity index (χ4n) is 2.84. The van der Waals surface area contributed by atoms with Gasteiger partial charge in [0.1, 0.15) is 5.82 Å². The number of halogens is 2. The molecule has 1 aliphatic heterocycles. The average molecular weight is 276 g/mol. The Balaban J connectivity index is 2.18. The molecule has 1 heterocycles. The maximum absolute atomic E-state index is 14.3. The lowest BCUT2D eigenvalue weighted by Gasteiger charge is -2.27. The molecule has 1 unspecified atom stereocenters. The van der Waals surface area contributed by atoms with Gasteiger partial charge in [0.25, 0.3) is 0 Å². The van der Waals surface area contributed by atoms with E-state index < -0.39 is 0 Å². The summed E-state index contributed by atoms with van der Waals surface area (Å²) < 4.78 is 14.3. The third kappa shape index (κ3) is 2.00. The number of benzene rings is 2. The first-order chi connectivity index (χ1) is 9.22. The molecule has 3 rings (SSSR count). The lowest BCUT2D eigenvalue weighted by atomic mass is 10.1. The molecule has 0 spiro atoms. The predicted octanol–water partition coefficient (Wildman–Crippen LogP) is 4.65. The topological polar surface area (TPSA) is 3.24 Å². The fraction of sp³-hybridized carbons (Fsp3) is 0.250. The molecule has 1 atom stereocenters. The van der Waals surface area contributed by atoms with Gasteiger partial charge < -0.3 is 4.90 Å². The number of para-hydroxylation sites is 2. The standard InChI is InChI=1S/C16H15ClFN/c1-11-9-12-5-2-3-8-15(12)19(11)16-13(10-17)6-4-7-14(16)18/h2-8,11H,9-10H2,1H3. The van der Waals surface area contributed by atoms with E-state index in [1.165, 1.54) is 11.6 Å². The smallest absolute Gasteiger partial charge is 0.147 e. The Morgan fingerprint density at radius 1 is 1.21 bits per heavy atom. The second-order valence-electron chi connectivity index (χ2n) is 4.93. The number of fused-ring (bicyclic) bond motifs is 1. The molecule has 19 heavy (non-hydrogen) atoms. The highest BCUT2D eigenvalue weighted by atomic mass is 35.5. The molecule has 0 aromatic heterocycles. The normalized spacial score (nSPS) is 17.6. The summed E-state index contributed by atoms with van der Waals surface area (Å²) >= 11 is 5.96. The molecule has 0 aliphatic carbocycles. The van der Waals surface area contributed by atoms with Gasteiger partial charge in [0.05, 0.1) is 5.69 Å². The third-order valence-electron chi connectivity index (χ3n) is 3.66. The molecule has 2 aromatic carbocycles. The van der Waals surface area contributed by atoms with Crippen molar-refractivity contribution in [1.29, 1.82) is 0 Å². The van der Waals surface area contributed by atoms with Crippen molar-refractivity contribution in [2.75, 3.05) is 4.90 Å². The van der Waals surface area contributed by atoms with Crippen LogP contribution in [0.4, 0.5) is 15.8 Å². The SMILES string of the molecule is CC1Cc2ccccc2N1c1c(F)cccc1CCl. The summed E-state index contributed by atoms with van der Waals surface area (Å²) in [5.41, 5.74) is 3.81. The van der Waals surface area contributed by atoms with Crippen LogP contribution in [0.5, 0.6) is 0 Å². The molecule has 2 aromatic rings. The van der Waals surface area contributed by atoms with Crippen molar-refractivity contribution in [3.8, 4) is 0 Å². The zero-order valence-electron chi connectivity index (χ0n) is 10.7. The monoisotopic (exact) mass is 275 g/mol. The zero-order chi connectivity index (χ0) is 13.4. The summed E-state index contributed by atoms with van der Waals surface area (Å²) in [7, 11) is 0. The second kappa shape index (κ2) is 4.86. The highest BCUT2D eigenvalue weighted by molar-refractivity contribution is 6.17. The maximum Gasteiger partial charge on any atom is 0.147 e. The Bertz CT molecular complexity index is 611. The molecule has 0 fully saturated rings. The molecule has 98 valence electrons. The van der Waals surface area contributed by atoms with Gasteiger partial charge in [0, 0.05) is 17.6 Å². The van der Waals surface area contributed by atoms with E-state index in [9.17, 15) is 4.39 Å². The predicted molar refractivity (Wildman–Crippen MR) is 77.7 cm³/mol.